The number of aliphatic hydroxyl groups is 1. The first-order valence-corrected chi connectivity index (χ1v) is 10.8. The van der Waals surface area contributed by atoms with Crippen LogP contribution in [-0.2, 0) is 14.3 Å². The van der Waals surface area contributed by atoms with Gasteiger partial charge in [0.2, 0.25) is 0 Å². The molecule has 0 aliphatic carbocycles. The van der Waals surface area contributed by atoms with E-state index in [9.17, 15) is 14.7 Å². The normalized spacial score (nSPS) is 21.6. The summed E-state index contributed by atoms with van der Waals surface area (Å²) in [6.45, 7) is 6.47. The van der Waals surface area contributed by atoms with E-state index in [1.165, 1.54) is 0 Å². The molecule has 2 aromatic rings. The number of carbonyl (C=O) groups is 2. The third kappa shape index (κ3) is 4.55. The van der Waals surface area contributed by atoms with Gasteiger partial charge in [-0.3, -0.25) is 14.5 Å². The molecule has 1 amide bonds. The molecule has 2 heterocycles. The fraction of sp³-hybridized carbons (Fsp3) is 0.360. The molecule has 1 atom stereocenters. The van der Waals surface area contributed by atoms with Crippen molar-refractivity contribution in [2.75, 3.05) is 39.4 Å². The topological polar surface area (TPSA) is 70.1 Å². The van der Waals surface area contributed by atoms with Crippen LogP contribution >= 0.6 is 0 Å². The molecule has 6 heteroatoms. The van der Waals surface area contributed by atoms with Crippen molar-refractivity contribution in [1.29, 1.82) is 0 Å². The number of amides is 1. The van der Waals surface area contributed by atoms with Crippen molar-refractivity contribution in [3.8, 4) is 0 Å². The van der Waals surface area contributed by atoms with Gasteiger partial charge >= 0.3 is 0 Å². The summed E-state index contributed by atoms with van der Waals surface area (Å²) in [7, 11) is 0. The summed E-state index contributed by atoms with van der Waals surface area (Å²) >= 11 is 0. The van der Waals surface area contributed by atoms with Gasteiger partial charge in [0.05, 0.1) is 24.8 Å². The van der Waals surface area contributed by atoms with E-state index in [-0.39, 0.29) is 11.3 Å². The van der Waals surface area contributed by atoms with E-state index in [1.54, 1.807) is 17.0 Å². The Morgan fingerprint density at radius 2 is 1.68 bits per heavy atom. The second-order valence-corrected chi connectivity index (χ2v) is 8.08. The number of morpholine rings is 1. The zero-order chi connectivity index (χ0) is 21.8. The highest BCUT2D eigenvalue weighted by molar-refractivity contribution is 6.46. The van der Waals surface area contributed by atoms with E-state index in [4.69, 9.17) is 4.74 Å². The highest BCUT2D eigenvalue weighted by Gasteiger charge is 2.45. The van der Waals surface area contributed by atoms with E-state index < -0.39 is 17.7 Å². The highest BCUT2D eigenvalue weighted by atomic mass is 16.5. The van der Waals surface area contributed by atoms with Crippen LogP contribution in [0.1, 0.15) is 29.2 Å². The fourth-order valence-corrected chi connectivity index (χ4v) is 4.25. The molecule has 162 valence electrons. The smallest absolute Gasteiger partial charge is 0.295 e. The second kappa shape index (κ2) is 9.45. The molecular weight excluding hydrogens is 392 g/mol. The summed E-state index contributed by atoms with van der Waals surface area (Å²) in [5.74, 6) is -1.30. The molecule has 0 spiro atoms. The monoisotopic (exact) mass is 420 g/mol. The van der Waals surface area contributed by atoms with E-state index in [0.29, 0.717) is 12.1 Å². The van der Waals surface area contributed by atoms with Crippen LogP contribution in [0.4, 0.5) is 0 Å². The van der Waals surface area contributed by atoms with Crippen LogP contribution in [0.2, 0.25) is 0 Å². The van der Waals surface area contributed by atoms with Crippen molar-refractivity contribution in [2.24, 2.45) is 0 Å². The molecule has 0 aromatic heterocycles. The van der Waals surface area contributed by atoms with Gasteiger partial charge in [-0.15, -0.1) is 0 Å². The lowest BCUT2D eigenvalue weighted by molar-refractivity contribution is -0.140. The van der Waals surface area contributed by atoms with Crippen LogP contribution < -0.4 is 0 Å². The van der Waals surface area contributed by atoms with Crippen LogP contribution in [-0.4, -0.2) is 66.0 Å². The summed E-state index contributed by atoms with van der Waals surface area (Å²) < 4.78 is 5.39. The summed E-state index contributed by atoms with van der Waals surface area (Å²) in [5, 5.41) is 11.0. The molecule has 2 fully saturated rings. The standard InChI is InChI=1S/C25H28N2O4/c1-18-8-10-20(11-9-18)23(28)21-22(19-6-3-2-4-7-19)27(25(30)24(21)29)13-5-12-26-14-16-31-17-15-26/h2-4,6-11,22,28H,5,12-17H2,1H3/b23-21+/t22-/m1/s1. The zero-order valence-corrected chi connectivity index (χ0v) is 17.8. The van der Waals surface area contributed by atoms with Crippen LogP contribution in [0.5, 0.6) is 0 Å². The number of carbonyl (C=O) groups excluding carboxylic acids is 2. The minimum Gasteiger partial charge on any atom is -0.507 e. The fourth-order valence-electron chi connectivity index (χ4n) is 4.25. The quantitative estimate of drug-likeness (QED) is 0.442. The molecule has 4 rings (SSSR count). The first kappa shape index (κ1) is 21.3. The molecule has 1 N–H and O–H groups in total. The molecule has 31 heavy (non-hydrogen) atoms. The number of likely N-dealkylation sites (tertiary alicyclic amines) is 1. The molecular formula is C25H28N2O4. The Bertz CT molecular complexity index is 963. The Kier molecular flexibility index (Phi) is 6.49. The highest BCUT2D eigenvalue weighted by Crippen LogP contribution is 2.39. The molecule has 0 saturated carbocycles. The number of nitrogens with zero attached hydrogens (tertiary/aromatic N) is 2. The Labute approximate surface area is 182 Å². The zero-order valence-electron chi connectivity index (χ0n) is 17.8. The molecule has 2 aliphatic heterocycles. The van der Waals surface area contributed by atoms with Crippen molar-refractivity contribution < 1.29 is 19.4 Å². The number of hydrogen-bond acceptors (Lipinski definition) is 5. The van der Waals surface area contributed by atoms with E-state index in [2.05, 4.69) is 4.90 Å². The number of ketones is 1. The molecule has 6 nitrogen and oxygen atoms in total. The maximum Gasteiger partial charge on any atom is 0.295 e. The maximum atomic E-state index is 13.0. The number of aryl methyl sites for hydroxylation is 1. The van der Waals surface area contributed by atoms with Crippen LogP contribution in [0.3, 0.4) is 0 Å². The van der Waals surface area contributed by atoms with Gasteiger partial charge in [0.15, 0.2) is 0 Å². The van der Waals surface area contributed by atoms with Gasteiger partial charge in [0.25, 0.3) is 11.7 Å². The minimum atomic E-state index is -0.627. The number of ether oxygens (including phenoxy) is 1. The summed E-state index contributed by atoms with van der Waals surface area (Å²) in [4.78, 5) is 29.9. The largest absolute Gasteiger partial charge is 0.507 e. The van der Waals surface area contributed by atoms with Crippen molar-refractivity contribution in [1.82, 2.24) is 9.80 Å². The number of hydrogen-bond donors (Lipinski definition) is 1. The first-order valence-electron chi connectivity index (χ1n) is 10.8. The van der Waals surface area contributed by atoms with Gasteiger partial charge in [0.1, 0.15) is 5.76 Å². The Morgan fingerprint density at radius 1 is 1.00 bits per heavy atom. The second-order valence-electron chi connectivity index (χ2n) is 8.08. The number of rotatable bonds is 6. The summed E-state index contributed by atoms with van der Waals surface area (Å²) in [5.41, 5.74) is 2.57. The van der Waals surface area contributed by atoms with Crippen molar-refractivity contribution in [3.05, 3.63) is 76.9 Å². The molecule has 0 radical (unpaired) electrons. The molecule has 0 bridgehead atoms. The van der Waals surface area contributed by atoms with Gasteiger partial charge < -0.3 is 14.7 Å². The molecule has 2 aromatic carbocycles. The number of aliphatic hydroxyl groups excluding tert-OH is 1. The van der Waals surface area contributed by atoms with Gasteiger partial charge in [-0.05, 0) is 18.9 Å². The average molecular weight is 421 g/mol. The SMILES string of the molecule is Cc1ccc(/C(O)=C2\C(=O)C(=O)N(CCCN3CCOCC3)[C@@H]2c2ccccc2)cc1. The van der Waals surface area contributed by atoms with Gasteiger partial charge in [-0.2, -0.15) is 0 Å². The van der Waals surface area contributed by atoms with Gasteiger partial charge in [-0.1, -0.05) is 60.2 Å². The van der Waals surface area contributed by atoms with Crippen molar-refractivity contribution in [3.63, 3.8) is 0 Å². The Balaban J connectivity index is 1.64. The Hall–Kier alpha value is -2.96. The lowest BCUT2D eigenvalue weighted by atomic mass is 9.95. The van der Waals surface area contributed by atoms with E-state index >= 15 is 0 Å². The molecule has 2 aliphatic rings. The lowest BCUT2D eigenvalue weighted by Crippen LogP contribution is -2.38. The van der Waals surface area contributed by atoms with Crippen LogP contribution in [0.15, 0.2) is 60.2 Å². The van der Waals surface area contributed by atoms with Gasteiger partial charge in [0, 0.05) is 31.7 Å². The predicted molar refractivity (Wildman–Crippen MR) is 119 cm³/mol. The first-order chi connectivity index (χ1) is 15.1. The number of benzene rings is 2. The van der Waals surface area contributed by atoms with Gasteiger partial charge in [-0.25, -0.2) is 0 Å². The predicted octanol–water partition coefficient (Wildman–Crippen LogP) is 3.14. The lowest BCUT2D eigenvalue weighted by Gasteiger charge is -2.29. The third-order valence-corrected chi connectivity index (χ3v) is 5.96. The van der Waals surface area contributed by atoms with Crippen LogP contribution in [0, 0.1) is 6.92 Å². The minimum absolute atomic E-state index is 0.122. The van der Waals surface area contributed by atoms with E-state index in [1.807, 2.05) is 49.4 Å². The van der Waals surface area contributed by atoms with E-state index in [0.717, 1.165) is 50.4 Å². The van der Waals surface area contributed by atoms with Crippen molar-refractivity contribution >= 4 is 17.4 Å². The summed E-state index contributed by atoms with van der Waals surface area (Å²) in [6, 6.07) is 16.2. The summed E-state index contributed by atoms with van der Waals surface area (Å²) in [6.07, 6.45) is 0.751. The average Bonchev–Trinajstić information content (AvgIpc) is 3.05. The van der Waals surface area contributed by atoms with Crippen molar-refractivity contribution in [2.45, 2.75) is 19.4 Å². The van der Waals surface area contributed by atoms with Crippen LogP contribution in [0.25, 0.3) is 5.76 Å². The maximum absolute atomic E-state index is 13.0. The Morgan fingerprint density at radius 3 is 2.35 bits per heavy atom. The molecule has 2 saturated heterocycles. The number of Topliss-reactive ketones (excluding diaryl/α,β-unsaturated/α-hetero) is 1. The molecule has 0 unspecified atom stereocenters. The third-order valence-electron chi connectivity index (χ3n) is 5.96.